The van der Waals surface area contributed by atoms with Gasteiger partial charge in [-0.2, -0.15) is 0 Å². The van der Waals surface area contributed by atoms with E-state index in [4.69, 9.17) is 9.47 Å². The van der Waals surface area contributed by atoms with Crippen LogP contribution in [-0.2, 0) is 22.8 Å². The number of hydrogen-bond acceptors (Lipinski definition) is 4. The summed E-state index contributed by atoms with van der Waals surface area (Å²) in [5.41, 5.74) is 1.01. The lowest BCUT2D eigenvalue weighted by Crippen LogP contribution is -2.38. The second-order valence-electron chi connectivity index (χ2n) is 8.90. The average molecular weight is 416 g/mol. The van der Waals surface area contributed by atoms with Crippen LogP contribution in [0.1, 0.15) is 30.1 Å². The van der Waals surface area contributed by atoms with Crippen molar-refractivity contribution >= 4 is 14.2 Å². The summed E-state index contributed by atoms with van der Waals surface area (Å²) in [6.45, 7) is 10.1. The third kappa shape index (κ3) is 6.71. The van der Waals surface area contributed by atoms with E-state index in [0.29, 0.717) is 32.3 Å². The van der Waals surface area contributed by atoms with Crippen LogP contribution in [0.2, 0.25) is 25.7 Å². The summed E-state index contributed by atoms with van der Waals surface area (Å²) in [6.07, 6.45) is 5.39. The Bertz CT molecular complexity index is 765. The van der Waals surface area contributed by atoms with E-state index in [9.17, 15) is 4.79 Å². The second-order valence-corrected chi connectivity index (χ2v) is 14.5. The van der Waals surface area contributed by atoms with Gasteiger partial charge in [0.25, 0.3) is 0 Å². The molecule has 0 aliphatic carbocycles. The van der Waals surface area contributed by atoms with Gasteiger partial charge in [0.15, 0.2) is 0 Å². The van der Waals surface area contributed by atoms with Gasteiger partial charge in [0, 0.05) is 46.1 Å². The van der Waals surface area contributed by atoms with E-state index in [-0.39, 0.29) is 6.09 Å². The van der Waals surface area contributed by atoms with Crippen molar-refractivity contribution in [1.29, 1.82) is 0 Å². The van der Waals surface area contributed by atoms with Crippen LogP contribution in [0.25, 0.3) is 0 Å². The molecule has 0 saturated carbocycles. The Labute approximate surface area is 174 Å². The van der Waals surface area contributed by atoms with Gasteiger partial charge in [0.2, 0.25) is 0 Å². The van der Waals surface area contributed by atoms with Gasteiger partial charge in [0.05, 0.1) is 0 Å². The summed E-state index contributed by atoms with van der Waals surface area (Å²) in [7, 11) is -1.07. The third-order valence-electron chi connectivity index (χ3n) is 5.30. The van der Waals surface area contributed by atoms with Crippen LogP contribution in [0.5, 0.6) is 0 Å². The first-order valence-corrected chi connectivity index (χ1v) is 14.2. The van der Waals surface area contributed by atoms with Crippen LogP contribution in [0, 0.1) is 0 Å². The van der Waals surface area contributed by atoms with Crippen molar-refractivity contribution in [3.05, 3.63) is 54.1 Å². The quantitative estimate of drug-likeness (QED) is 0.463. The van der Waals surface area contributed by atoms with E-state index in [1.807, 2.05) is 42.7 Å². The van der Waals surface area contributed by atoms with Crippen LogP contribution < -0.4 is 0 Å². The van der Waals surface area contributed by atoms with Crippen LogP contribution in [-0.4, -0.2) is 48.3 Å². The van der Waals surface area contributed by atoms with Gasteiger partial charge in [-0.3, -0.25) is 0 Å². The molecule has 0 radical (unpaired) electrons. The highest BCUT2D eigenvalue weighted by Crippen LogP contribution is 2.27. The fraction of sp³-hybridized carbons (Fsp3) is 0.545. The first-order valence-electron chi connectivity index (χ1n) is 10.5. The molecule has 0 bridgehead atoms. The van der Waals surface area contributed by atoms with Crippen LogP contribution >= 0.6 is 0 Å². The zero-order valence-corrected chi connectivity index (χ0v) is 18.8. The highest BCUT2D eigenvalue weighted by molar-refractivity contribution is 6.76. The van der Waals surface area contributed by atoms with E-state index in [0.717, 1.165) is 30.8 Å². The molecule has 1 fully saturated rings. The minimum absolute atomic E-state index is 0.231. The van der Waals surface area contributed by atoms with Crippen LogP contribution in [0.15, 0.2) is 42.7 Å². The van der Waals surface area contributed by atoms with E-state index in [1.54, 1.807) is 4.90 Å². The molecule has 6 nitrogen and oxygen atoms in total. The molecule has 0 spiro atoms. The number of nitrogens with zero attached hydrogens (tertiary/aromatic N) is 3. The summed E-state index contributed by atoms with van der Waals surface area (Å²) in [4.78, 5) is 18.7. The first kappa shape index (κ1) is 21.6. The lowest BCUT2D eigenvalue weighted by molar-refractivity contribution is 0.0777. The number of imidazole rings is 1. The highest BCUT2D eigenvalue weighted by Gasteiger charge is 2.27. The number of aromatic nitrogens is 2. The van der Waals surface area contributed by atoms with Crippen molar-refractivity contribution in [2.45, 2.75) is 57.8 Å². The van der Waals surface area contributed by atoms with Gasteiger partial charge in [-0.05, 0) is 24.4 Å². The molecule has 7 heteroatoms. The van der Waals surface area contributed by atoms with Gasteiger partial charge in [0.1, 0.15) is 19.2 Å². The number of piperidine rings is 1. The van der Waals surface area contributed by atoms with Crippen molar-refractivity contribution in [3.63, 3.8) is 0 Å². The van der Waals surface area contributed by atoms with E-state index in [1.165, 1.54) is 6.04 Å². The normalized spacial score (nSPS) is 15.5. The Balaban J connectivity index is 1.43. The zero-order chi connectivity index (χ0) is 20.7. The van der Waals surface area contributed by atoms with Gasteiger partial charge >= 0.3 is 6.09 Å². The SMILES string of the molecule is C[Si](C)(C)CCOCn1ccnc1C1CCN(C(=O)OCc2ccccc2)CC1. The Kier molecular flexibility index (Phi) is 7.49. The van der Waals surface area contributed by atoms with Gasteiger partial charge in [-0.1, -0.05) is 50.0 Å². The number of ether oxygens (including phenoxy) is 2. The van der Waals surface area contributed by atoms with Crippen molar-refractivity contribution in [2.24, 2.45) is 0 Å². The molecule has 1 aromatic heterocycles. The topological polar surface area (TPSA) is 56.6 Å². The molecule has 3 rings (SSSR count). The number of rotatable bonds is 8. The number of likely N-dealkylation sites (tertiary alicyclic amines) is 1. The molecule has 1 aliphatic heterocycles. The standard InChI is InChI=1S/C22H33N3O3Si/c1-29(2,3)16-15-27-18-25-14-11-23-21(25)20-9-12-24(13-10-20)22(26)28-17-19-7-5-4-6-8-19/h4-8,11,14,20H,9-10,12-13,15-18H2,1-3H3. The maximum absolute atomic E-state index is 12.4. The summed E-state index contributed by atoms with van der Waals surface area (Å²) < 4.78 is 13.5. The number of carbonyl (C=O) groups is 1. The van der Waals surface area contributed by atoms with Crippen LogP contribution in [0.3, 0.4) is 0 Å². The van der Waals surface area contributed by atoms with E-state index < -0.39 is 8.07 Å². The Morgan fingerprint density at radius 2 is 1.90 bits per heavy atom. The molecule has 2 aromatic rings. The molecule has 1 amide bonds. The molecule has 1 aliphatic rings. The van der Waals surface area contributed by atoms with Crippen molar-refractivity contribution in [2.75, 3.05) is 19.7 Å². The first-order chi connectivity index (χ1) is 13.9. The molecular weight excluding hydrogens is 382 g/mol. The van der Waals surface area contributed by atoms with Crippen molar-refractivity contribution < 1.29 is 14.3 Å². The molecule has 2 heterocycles. The van der Waals surface area contributed by atoms with E-state index in [2.05, 4.69) is 29.2 Å². The molecular formula is C22H33N3O3Si. The third-order valence-corrected chi connectivity index (χ3v) is 7.00. The predicted molar refractivity (Wildman–Crippen MR) is 117 cm³/mol. The Morgan fingerprint density at radius 3 is 2.59 bits per heavy atom. The monoisotopic (exact) mass is 415 g/mol. The molecule has 29 heavy (non-hydrogen) atoms. The second kappa shape index (κ2) is 10.1. The van der Waals surface area contributed by atoms with Crippen LogP contribution in [0.4, 0.5) is 4.79 Å². The molecule has 0 N–H and O–H groups in total. The number of benzene rings is 1. The van der Waals surface area contributed by atoms with Crippen molar-refractivity contribution in [1.82, 2.24) is 14.5 Å². The molecule has 0 atom stereocenters. The predicted octanol–water partition coefficient (Wildman–Crippen LogP) is 4.71. The highest BCUT2D eigenvalue weighted by atomic mass is 28.3. The zero-order valence-electron chi connectivity index (χ0n) is 17.8. The van der Waals surface area contributed by atoms with Gasteiger partial charge in [-0.25, -0.2) is 9.78 Å². The Morgan fingerprint density at radius 1 is 1.17 bits per heavy atom. The maximum Gasteiger partial charge on any atom is 0.410 e. The maximum atomic E-state index is 12.4. The molecule has 158 valence electrons. The lowest BCUT2D eigenvalue weighted by atomic mass is 9.96. The fourth-order valence-electron chi connectivity index (χ4n) is 3.46. The summed E-state index contributed by atoms with van der Waals surface area (Å²) >= 11 is 0. The summed E-state index contributed by atoms with van der Waals surface area (Å²) in [5.74, 6) is 1.42. The summed E-state index contributed by atoms with van der Waals surface area (Å²) in [5, 5.41) is 0. The van der Waals surface area contributed by atoms with E-state index >= 15 is 0 Å². The van der Waals surface area contributed by atoms with Gasteiger partial charge in [-0.15, -0.1) is 0 Å². The summed E-state index contributed by atoms with van der Waals surface area (Å²) in [6, 6.07) is 10.9. The Hall–Kier alpha value is -2.12. The number of amides is 1. The molecule has 1 aromatic carbocycles. The smallest absolute Gasteiger partial charge is 0.410 e. The minimum atomic E-state index is -1.07. The molecule has 1 saturated heterocycles. The number of hydrogen-bond donors (Lipinski definition) is 0. The van der Waals surface area contributed by atoms with Gasteiger partial charge < -0.3 is 18.9 Å². The minimum Gasteiger partial charge on any atom is -0.445 e. The number of carbonyl (C=O) groups excluding carboxylic acids is 1. The average Bonchev–Trinajstić information content (AvgIpc) is 3.18. The molecule has 0 unspecified atom stereocenters. The fourth-order valence-corrected chi connectivity index (χ4v) is 4.22. The lowest BCUT2D eigenvalue weighted by Gasteiger charge is -2.31. The largest absolute Gasteiger partial charge is 0.445 e. The van der Waals surface area contributed by atoms with Crippen molar-refractivity contribution in [3.8, 4) is 0 Å².